The third kappa shape index (κ3) is 1.88. The summed E-state index contributed by atoms with van der Waals surface area (Å²) in [6.45, 7) is 8.31. The molecule has 0 amide bonds. The fourth-order valence-electron chi connectivity index (χ4n) is 5.04. The Labute approximate surface area is 141 Å². The van der Waals surface area contributed by atoms with Crippen molar-refractivity contribution in [3.8, 4) is 11.6 Å². The largest absolute Gasteiger partial charge is 0.332 e. The van der Waals surface area contributed by atoms with E-state index in [0.29, 0.717) is 29.8 Å². The van der Waals surface area contributed by atoms with E-state index in [4.69, 9.17) is 9.62 Å². The molecule has 0 bridgehead atoms. The zero-order valence-electron chi connectivity index (χ0n) is 15.0. The lowest BCUT2D eigenvalue weighted by molar-refractivity contribution is -0.137. The van der Waals surface area contributed by atoms with Crippen molar-refractivity contribution in [1.82, 2.24) is 19.9 Å². The van der Waals surface area contributed by atoms with E-state index in [0.717, 1.165) is 30.7 Å². The molecule has 6 nitrogen and oxygen atoms in total. The molecule has 0 radical (unpaired) electrons. The molecule has 128 valence electrons. The molecule has 4 rings (SSSR count). The molecule has 24 heavy (non-hydrogen) atoms. The lowest BCUT2D eigenvalue weighted by Gasteiger charge is -2.51. The summed E-state index contributed by atoms with van der Waals surface area (Å²) in [5.74, 6) is 1.88. The van der Waals surface area contributed by atoms with Gasteiger partial charge < -0.3 is 4.52 Å². The van der Waals surface area contributed by atoms with Crippen LogP contribution < -0.4 is 0 Å². The predicted octanol–water partition coefficient (Wildman–Crippen LogP) is 2.99. The molecule has 1 saturated carbocycles. The van der Waals surface area contributed by atoms with Crippen molar-refractivity contribution >= 4 is 5.78 Å². The Kier molecular flexibility index (Phi) is 3.09. The number of nitrogens with zero attached hydrogens (tertiary/aromatic N) is 4. The van der Waals surface area contributed by atoms with Crippen LogP contribution in [0.1, 0.15) is 57.1 Å². The van der Waals surface area contributed by atoms with Gasteiger partial charge in [-0.15, -0.1) is 0 Å². The van der Waals surface area contributed by atoms with Gasteiger partial charge in [-0.1, -0.05) is 25.9 Å². The lowest BCUT2D eigenvalue weighted by Crippen LogP contribution is -2.52. The van der Waals surface area contributed by atoms with Crippen molar-refractivity contribution in [3.05, 3.63) is 17.1 Å². The second-order valence-electron chi connectivity index (χ2n) is 8.10. The maximum atomic E-state index is 12.5. The highest BCUT2D eigenvalue weighted by molar-refractivity contribution is 5.86. The van der Waals surface area contributed by atoms with E-state index < -0.39 is 0 Å². The minimum Gasteiger partial charge on any atom is -0.332 e. The third-order valence-electron chi connectivity index (χ3n) is 6.33. The number of carbonyl (C=O) groups excluding carboxylic acids is 1. The molecule has 0 N–H and O–H groups in total. The summed E-state index contributed by atoms with van der Waals surface area (Å²) in [5, 5.41) is 8.78. The van der Waals surface area contributed by atoms with Gasteiger partial charge in [0.25, 0.3) is 5.89 Å². The monoisotopic (exact) mass is 328 g/mol. The number of fused-ring (bicyclic) bond motifs is 3. The number of aromatic nitrogens is 4. The van der Waals surface area contributed by atoms with Gasteiger partial charge in [-0.3, -0.25) is 9.48 Å². The van der Waals surface area contributed by atoms with Crippen LogP contribution in [0.25, 0.3) is 11.6 Å². The molecule has 0 spiro atoms. The summed E-state index contributed by atoms with van der Waals surface area (Å²) < 4.78 is 7.28. The topological polar surface area (TPSA) is 73.8 Å². The highest BCUT2D eigenvalue weighted by Gasteiger charge is 2.55. The van der Waals surface area contributed by atoms with Gasteiger partial charge in [0, 0.05) is 29.9 Å². The van der Waals surface area contributed by atoms with Gasteiger partial charge in [-0.2, -0.15) is 10.1 Å². The van der Waals surface area contributed by atoms with Crippen LogP contribution in [-0.2, 0) is 23.7 Å². The summed E-state index contributed by atoms with van der Waals surface area (Å²) in [6, 6.07) is 0. The zero-order valence-corrected chi connectivity index (χ0v) is 15.0. The van der Waals surface area contributed by atoms with E-state index in [1.165, 1.54) is 5.56 Å². The van der Waals surface area contributed by atoms with Crippen LogP contribution in [0.15, 0.2) is 4.52 Å². The molecule has 6 heteroatoms. The highest BCUT2D eigenvalue weighted by atomic mass is 16.5. The first-order valence-electron chi connectivity index (χ1n) is 8.65. The number of hydrogen-bond acceptors (Lipinski definition) is 5. The smallest absolute Gasteiger partial charge is 0.276 e. The maximum absolute atomic E-state index is 12.5. The van der Waals surface area contributed by atoms with E-state index in [-0.39, 0.29) is 10.8 Å². The van der Waals surface area contributed by atoms with Gasteiger partial charge in [0.05, 0.1) is 5.69 Å². The van der Waals surface area contributed by atoms with Gasteiger partial charge in [0.2, 0.25) is 0 Å². The highest BCUT2D eigenvalue weighted by Crippen LogP contribution is 2.56. The number of Topliss-reactive ketones (excluding diaryl/α,β-unsaturated/α-hetero) is 1. The average Bonchev–Trinajstić information content (AvgIpc) is 3.07. The van der Waals surface area contributed by atoms with Crippen molar-refractivity contribution in [1.29, 1.82) is 0 Å². The Morgan fingerprint density at radius 2 is 2.00 bits per heavy atom. The molecule has 0 unspecified atom stereocenters. The van der Waals surface area contributed by atoms with Crippen LogP contribution in [0.3, 0.4) is 0 Å². The van der Waals surface area contributed by atoms with Crippen LogP contribution >= 0.6 is 0 Å². The molecular weight excluding hydrogens is 304 g/mol. The quantitative estimate of drug-likeness (QED) is 0.804. The fourth-order valence-corrected chi connectivity index (χ4v) is 5.04. The van der Waals surface area contributed by atoms with Crippen molar-refractivity contribution in [2.75, 3.05) is 0 Å². The fraction of sp³-hybridized carbons (Fsp3) is 0.667. The Bertz CT molecular complexity index is 832. The first-order chi connectivity index (χ1) is 11.2. The van der Waals surface area contributed by atoms with Gasteiger partial charge in [0.1, 0.15) is 11.5 Å². The first kappa shape index (κ1) is 15.5. The molecular formula is C18H24N4O2. The SMILES string of the molecule is Cc1noc(-c2c3c(nn2C)[C@@]2(C)CCC(=O)C(C)(C)[C@@H]2CC3)n1. The zero-order chi connectivity index (χ0) is 17.3. The molecule has 2 aliphatic rings. The number of hydrogen-bond donors (Lipinski definition) is 0. The molecule has 0 saturated heterocycles. The molecule has 2 aromatic heterocycles. The Hall–Kier alpha value is -1.98. The van der Waals surface area contributed by atoms with Crippen LogP contribution in [0, 0.1) is 18.3 Å². The average molecular weight is 328 g/mol. The number of aryl methyl sites for hydroxylation is 2. The third-order valence-corrected chi connectivity index (χ3v) is 6.33. The minimum atomic E-state index is -0.288. The van der Waals surface area contributed by atoms with Gasteiger partial charge >= 0.3 is 0 Å². The van der Waals surface area contributed by atoms with Crippen molar-refractivity contribution in [2.24, 2.45) is 18.4 Å². The number of rotatable bonds is 1. The summed E-state index contributed by atoms with van der Waals surface area (Å²) >= 11 is 0. The van der Waals surface area contributed by atoms with Crippen LogP contribution in [-0.4, -0.2) is 25.7 Å². The molecule has 2 atom stereocenters. The van der Waals surface area contributed by atoms with E-state index >= 15 is 0 Å². The summed E-state index contributed by atoms with van der Waals surface area (Å²) in [7, 11) is 1.94. The van der Waals surface area contributed by atoms with Gasteiger partial charge in [-0.25, -0.2) is 0 Å². The molecule has 2 aromatic rings. The molecule has 1 fully saturated rings. The molecule has 2 heterocycles. The minimum absolute atomic E-state index is 0.0733. The second-order valence-corrected chi connectivity index (χ2v) is 8.10. The number of ketones is 1. The van der Waals surface area contributed by atoms with Gasteiger partial charge in [-0.05, 0) is 32.1 Å². The Balaban J connectivity index is 1.87. The standard InChI is InChI=1S/C18H24N4O2/c1-10-19-16(24-21-10)14-11-6-7-12-17(2,3)13(23)8-9-18(12,4)15(11)20-22(14)5/h12H,6-9H2,1-5H3/t12-,18-/m0/s1. The van der Waals surface area contributed by atoms with Gasteiger partial charge in [0.15, 0.2) is 5.82 Å². The van der Waals surface area contributed by atoms with E-state index in [1.807, 2.05) is 18.7 Å². The first-order valence-corrected chi connectivity index (χ1v) is 8.65. The number of carbonyl (C=O) groups is 1. The summed E-state index contributed by atoms with van der Waals surface area (Å²) in [6.07, 6.45) is 3.39. The second kappa shape index (κ2) is 4.77. The van der Waals surface area contributed by atoms with E-state index in [1.54, 1.807) is 0 Å². The molecule has 0 aromatic carbocycles. The summed E-state index contributed by atoms with van der Waals surface area (Å²) in [4.78, 5) is 16.9. The van der Waals surface area contributed by atoms with Crippen molar-refractivity contribution in [2.45, 2.75) is 58.8 Å². The van der Waals surface area contributed by atoms with Crippen LogP contribution in [0.4, 0.5) is 0 Å². The van der Waals surface area contributed by atoms with Crippen molar-refractivity contribution < 1.29 is 9.32 Å². The van der Waals surface area contributed by atoms with Crippen LogP contribution in [0.5, 0.6) is 0 Å². The lowest BCUT2D eigenvalue weighted by atomic mass is 9.51. The van der Waals surface area contributed by atoms with Crippen molar-refractivity contribution in [3.63, 3.8) is 0 Å². The molecule has 0 aliphatic heterocycles. The Morgan fingerprint density at radius 3 is 2.67 bits per heavy atom. The van der Waals surface area contributed by atoms with Crippen LogP contribution in [0.2, 0.25) is 0 Å². The predicted molar refractivity (Wildman–Crippen MR) is 88.4 cm³/mol. The Morgan fingerprint density at radius 1 is 1.25 bits per heavy atom. The molecule has 2 aliphatic carbocycles. The summed E-state index contributed by atoms with van der Waals surface area (Å²) in [5.41, 5.74) is 2.90. The normalized spacial score (nSPS) is 28.5. The maximum Gasteiger partial charge on any atom is 0.276 e. The van der Waals surface area contributed by atoms with E-state index in [2.05, 4.69) is 30.9 Å². The van der Waals surface area contributed by atoms with E-state index in [9.17, 15) is 4.79 Å².